The minimum atomic E-state index is -3.39. The van der Waals surface area contributed by atoms with Crippen molar-refractivity contribution >= 4 is 21.7 Å². The van der Waals surface area contributed by atoms with Gasteiger partial charge < -0.3 is 9.80 Å². The van der Waals surface area contributed by atoms with Gasteiger partial charge in [0.2, 0.25) is 0 Å². The van der Waals surface area contributed by atoms with Crippen LogP contribution in [0.1, 0.15) is 51.6 Å². The Labute approximate surface area is 178 Å². The smallest absolute Gasteiger partial charge is 0.254 e. The Balaban J connectivity index is 1.68. The third kappa shape index (κ3) is 4.73. The number of benzene rings is 2. The van der Waals surface area contributed by atoms with E-state index < -0.39 is 9.84 Å². The predicted octanol–water partition coefficient (Wildman–Crippen LogP) is 3.12. The molecule has 6 nitrogen and oxygen atoms in total. The van der Waals surface area contributed by atoms with Crippen LogP contribution in [-0.4, -0.2) is 62.5 Å². The van der Waals surface area contributed by atoms with E-state index in [9.17, 15) is 18.0 Å². The van der Waals surface area contributed by atoms with Gasteiger partial charge in [0.25, 0.3) is 11.8 Å². The van der Waals surface area contributed by atoms with Crippen LogP contribution in [0.15, 0.2) is 47.4 Å². The number of nitrogens with zero attached hydrogens (tertiary/aromatic N) is 2. The average molecular weight is 429 g/mol. The van der Waals surface area contributed by atoms with Crippen LogP contribution < -0.4 is 0 Å². The molecular formula is C23H28N2O4S. The number of piperazine rings is 1. The largest absolute Gasteiger partial charge is 0.335 e. The number of carbonyl (C=O) groups is 2. The zero-order valence-corrected chi connectivity index (χ0v) is 18.7. The molecule has 1 aliphatic rings. The quantitative estimate of drug-likeness (QED) is 0.750. The van der Waals surface area contributed by atoms with Crippen LogP contribution in [-0.2, 0) is 9.84 Å². The van der Waals surface area contributed by atoms with Crippen molar-refractivity contribution in [3.05, 3.63) is 64.7 Å². The molecule has 3 rings (SSSR count). The van der Waals surface area contributed by atoms with Gasteiger partial charge in [-0.25, -0.2) is 8.42 Å². The second kappa shape index (κ2) is 8.60. The van der Waals surface area contributed by atoms with E-state index in [1.54, 1.807) is 22.8 Å². The van der Waals surface area contributed by atoms with Crippen molar-refractivity contribution in [3.63, 3.8) is 0 Å². The zero-order valence-electron chi connectivity index (χ0n) is 17.9. The van der Waals surface area contributed by atoms with Gasteiger partial charge in [-0.2, -0.15) is 0 Å². The van der Waals surface area contributed by atoms with E-state index in [4.69, 9.17) is 0 Å². The lowest BCUT2D eigenvalue weighted by Gasteiger charge is -2.35. The summed E-state index contributed by atoms with van der Waals surface area (Å²) in [6.07, 6.45) is 1.13. The summed E-state index contributed by atoms with van der Waals surface area (Å²) in [6, 6.07) is 12.3. The Morgan fingerprint density at radius 3 is 1.90 bits per heavy atom. The summed E-state index contributed by atoms with van der Waals surface area (Å²) in [6.45, 7) is 7.73. The number of hydrogen-bond acceptors (Lipinski definition) is 4. The summed E-state index contributed by atoms with van der Waals surface area (Å²) in [5.74, 6) is 0.174. The maximum absolute atomic E-state index is 13.0. The fourth-order valence-electron chi connectivity index (χ4n) is 3.54. The zero-order chi connectivity index (χ0) is 22.1. The lowest BCUT2D eigenvalue weighted by molar-refractivity contribution is 0.0535. The Morgan fingerprint density at radius 2 is 1.40 bits per heavy atom. The molecule has 0 aliphatic carbocycles. The van der Waals surface area contributed by atoms with Crippen molar-refractivity contribution < 1.29 is 18.0 Å². The fourth-order valence-corrected chi connectivity index (χ4v) is 4.19. The number of carbonyl (C=O) groups excluding carboxylic acids is 2. The second-order valence-electron chi connectivity index (χ2n) is 8.11. The molecule has 0 spiro atoms. The molecule has 7 heteroatoms. The molecule has 0 atom stereocenters. The summed E-state index contributed by atoms with van der Waals surface area (Å²) in [5, 5.41) is 0. The molecular weight excluding hydrogens is 400 g/mol. The summed E-state index contributed by atoms with van der Waals surface area (Å²) >= 11 is 0. The molecule has 2 aromatic rings. The van der Waals surface area contributed by atoms with Crippen LogP contribution in [0.4, 0.5) is 0 Å². The molecule has 1 aliphatic heterocycles. The predicted molar refractivity (Wildman–Crippen MR) is 117 cm³/mol. The normalized spacial score (nSPS) is 14.8. The van der Waals surface area contributed by atoms with E-state index in [0.29, 0.717) is 43.2 Å². The summed E-state index contributed by atoms with van der Waals surface area (Å²) in [4.78, 5) is 29.3. The maximum atomic E-state index is 13.0. The molecule has 0 saturated carbocycles. The molecule has 0 unspecified atom stereocenters. The molecule has 2 amide bonds. The first-order valence-corrected chi connectivity index (χ1v) is 12.0. The van der Waals surface area contributed by atoms with Crippen molar-refractivity contribution in [2.75, 3.05) is 32.4 Å². The lowest BCUT2D eigenvalue weighted by atomic mass is 10.0. The van der Waals surface area contributed by atoms with Gasteiger partial charge in [-0.15, -0.1) is 0 Å². The molecule has 0 N–H and O–H groups in total. The van der Waals surface area contributed by atoms with Crippen LogP contribution in [0.2, 0.25) is 0 Å². The van der Waals surface area contributed by atoms with E-state index in [-0.39, 0.29) is 16.7 Å². The van der Waals surface area contributed by atoms with E-state index in [2.05, 4.69) is 13.8 Å². The van der Waals surface area contributed by atoms with E-state index in [1.165, 1.54) is 17.7 Å². The van der Waals surface area contributed by atoms with Crippen LogP contribution in [0.25, 0.3) is 0 Å². The van der Waals surface area contributed by atoms with Crippen LogP contribution in [0, 0.1) is 6.92 Å². The molecule has 160 valence electrons. The van der Waals surface area contributed by atoms with Crippen molar-refractivity contribution in [1.82, 2.24) is 9.80 Å². The van der Waals surface area contributed by atoms with Gasteiger partial charge in [0.05, 0.1) is 4.90 Å². The third-order valence-electron chi connectivity index (χ3n) is 5.55. The van der Waals surface area contributed by atoms with E-state index >= 15 is 0 Å². The molecule has 0 bridgehead atoms. The minimum Gasteiger partial charge on any atom is -0.335 e. The monoisotopic (exact) mass is 428 g/mol. The maximum Gasteiger partial charge on any atom is 0.254 e. The van der Waals surface area contributed by atoms with Crippen LogP contribution in [0.3, 0.4) is 0 Å². The van der Waals surface area contributed by atoms with Gasteiger partial charge in [-0.3, -0.25) is 9.59 Å². The fraction of sp³-hybridized carbons (Fsp3) is 0.391. The first-order chi connectivity index (χ1) is 14.1. The van der Waals surface area contributed by atoms with Crippen molar-refractivity contribution in [2.24, 2.45) is 0 Å². The summed E-state index contributed by atoms with van der Waals surface area (Å²) in [5.41, 5.74) is 2.96. The Morgan fingerprint density at radius 1 is 0.867 bits per heavy atom. The molecule has 2 aromatic carbocycles. The van der Waals surface area contributed by atoms with Gasteiger partial charge in [0.15, 0.2) is 9.84 Å². The number of rotatable bonds is 4. The van der Waals surface area contributed by atoms with Crippen molar-refractivity contribution in [1.29, 1.82) is 0 Å². The van der Waals surface area contributed by atoms with Gasteiger partial charge in [-0.1, -0.05) is 32.0 Å². The Hall–Kier alpha value is -2.67. The van der Waals surface area contributed by atoms with Gasteiger partial charge in [0, 0.05) is 43.6 Å². The molecule has 1 fully saturated rings. The first kappa shape index (κ1) is 22.0. The highest BCUT2D eigenvalue weighted by molar-refractivity contribution is 7.90. The molecule has 0 aromatic heterocycles. The third-order valence-corrected chi connectivity index (χ3v) is 6.66. The molecule has 30 heavy (non-hydrogen) atoms. The minimum absolute atomic E-state index is 0.0346. The van der Waals surface area contributed by atoms with Crippen LogP contribution in [0.5, 0.6) is 0 Å². The number of aryl methyl sites for hydroxylation is 1. The molecule has 0 radical (unpaired) electrons. The summed E-state index contributed by atoms with van der Waals surface area (Å²) < 4.78 is 23.7. The number of sulfone groups is 1. The Kier molecular flexibility index (Phi) is 6.31. The van der Waals surface area contributed by atoms with Crippen LogP contribution >= 0.6 is 0 Å². The average Bonchev–Trinajstić information content (AvgIpc) is 2.72. The second-order valence-corrected chi connectivity index (χ2v) is 10.1. The summed E-state index contributed by atoms with van der Waals surface area (Å²) in [7, 11) is -3.39. The highest BCUT2D eigenvalue weighted by atomic mass is 32.2. The van der Waals surface area contributed by atoms with Crippen molar-refractivity contribution in [2.45, 2.75) is 31.6 Å². The van der Waals surface area contributed by atoms with Gasteiger partial charge >= 0.3 is 0 Å². The van der Waals surface area contributed by atoms with E-state index in [0.717, 1.165) is 11.8 Å². The van der Waals surface area contributed by atoms with Gasteiger partial charge in [-0.05, 0) is 48.2 Å². The molecule has 1 heterocycles. The SMILES string of the molecule is Cc1ccc(S(C)(=O)=O)cc1C(=O)N1CCN(C(=O)c2ccc(C(C)C)cc2)CC1. The highest BCUT2D eigenvalue weighted by Crippen LogP contribution is 2.20. The van der Waals surface area contributed by atoms with Crippen molar-refractivity contribution in [3.8, 4) is 0 Å². The number of hydrogen-bond donors (Lipinski definition) is 0. The lowest BCUT2D eigenvalue weighted by Crippen LogP contribution is -2.50. The standard InChI is InChI=1S/C23H28N2O4S/c1-16(2)18-6-8-19(9-7-18)22(26)24-11-13-25(14-12-24)23(27)21-15-20(30(4,28)29)10-5-17(21)3/h5-10,15-16H,11-14H2,1-4H3. The van der Waals surface area contributed by atoms with Gasteiger partial charge in [0.1, 0.15) is 0 Å². The number of amides is 2. The first-order valence-electron chi connectivity index (χ1n) is 10.1. The Bertz CT molecular complexity index is 1050. The molecule has 1 saturated heterocycles. The van der Waals surface area contributed by atoms with E-state index in [1.807, 2.05) is 24.3 Å². The highest BCUT2D eigenvalue weighted by Gasteiger charge is 2.27. The topological polar surface area (TPSA) is 74.8 Å².